The van der Waals surface area contributed by atoms with Crippen LogP contribution in [0.15, 0.2) is 41.2 Å². The lowest BCUT2D eigenvalue weighted by atomic mass is 10.0. The first kappa shape index (κ1) is 13.2. The normalized spacial score (nSPS) is 10.8. The molecule has 2 heterocycles. The Morgan fingerprint density at radius 1 is 1.24 bits per heavy atom. The van der Waals surface area contributed by atoms with Crippen LogP contribution >= 0.6 is 0 Å². The number of ether oxygens (including phenoxy) is 1. The van der Waals surface area contributed by atoms with Gasteiger partial charge in [-0.2, -0.15) is 5.10 Å². The van der Waals surface area contributed by atoms with Crippen LogP contribution in [0.25, 0.3) is 22.4 Å². The highest BCUT2D eigenvalue weighted by atomic mass is 16.5. The minimum Gasteiger partial charge on any atom is -0.494 e. The maximum Gasteiger partial charge on any atom is 0.230 e. The predicted molar refractivity (Wildman–Crippen MR) is 79.7 cm³/mol. The lowest BCUT2D eigenvalue weighted by Gasteiger charge is -2.05. The third-order valence-electron chi connectivity index (χ3n) is 3.15. The molecule has 3 rings (SSSR count). The fourth-order valence-corrected chi connectivity index (χ4v) is 2.21. The minimum absolute atomic E-state index is 0.290. The summed E-state index contributed by atoms with van der Waals surface area (Å²) in [5, 5.41) is 8.20. The molecule has 1 aromatic carbocycles. The van der Waals surface area contributed by atoms with E-state index >= 15 is 0 Å². The van der Waals surface area contributed by atoms with Gasteiger partial charge in [-0.1, -0.05) is 17.3 Å². The Bertz CT molecular complexity index is 743. The first-order chi connectivity index (χ1) is 10.2. The molecular weight excluding hydrogens is 268 g/mol. The van der Waals surface area contributed by atoms with Crippen LogP contribution in [0.4, 0.5) is 5.88 Å². The molecule has 0 radical (unpaired) electrons. The van der Waals surface area contributed by atoms with Crippen LogP contribution in [-0.2, 0) is 7.05 Å². The zero-order valence-electron chi connectivity index (χ0n) is 11.9. The summed E-state index contributed by atoms with van der Waals surface area (Å²) in [6.45, 7) is 2.59. The molecule has 0 atom stereocenters. The van der Waals surface area contributed by atoms with E-state index in [2.05, 4.69) is 10.3 Å². The molecule has 2 N–H and O–H groups in total. The van der Waals surface area contributed by atoms with Gasteiger partial charge in [0.15, 0.2) is 0 Å². The average molecular weight is 284 g/mol. The highest BCUT2D eigenvalue weighted by Crippen LogP contribution is 2.36. The smallest absolute Gasteiger partial charge is 0.230 e. The Morgan fingerprint density at radius 2 is 2.00 bits per heavy atom. The van der Waals surface area contributed by atoms with Crippen molar-refractivity contribution in [2.75, 3.05) is 12.3 Å². The summed E-state index contributed by atoms with van der Waals surface area (Å²) in [5.74, 6) is 1.11. The summed E-state index contributed by atoms with van der Waals surface area (Å²) in [6, 6.07) is 7.68. The molecule has 6 heteroatoms. The second-order valence-electron chi connectivity index (χ2n) is 4.63. The first-order valence-electron chi connectivity index (χ1n) is 6.66. The molecule has 21 heavy (non-hydrogen) atoms. The maximum atomic E-state index is 5.93. The third-order valence-corrected chi connectivity index (χ3v) is 3.15. The number of anilines is 1. The average Bonchev–Trinajstić information content (AvgIpc) is 3.06. The summed E-state index contributed by atoms with van der Waals surface area (Å²) in [5.41, 5.74) is 9.17. The van der Waals surface area contributed by atoms with Gasteiger partial charge in [-0.3, -0.25) is 4.68 Å². The number of nitrogen functional groups attached to an aromatic ring is 1. The van der Waals surface area contributed by atoms with Crippen LogP contribution in [0.3, 0.4) is 0 Å². The molecule has 0 amide bonds. The number of benzene rings is 1. The second kappa shape index (κ2) is 5.32. The first-order valence-corrected chi connectivity index (χ1v) is 6.66. The topological polar surface area (TPSA) is 79.1 Å². The number of rotatable bonds is 4. The molecule has 6 nitrogen and oxygen atoms in total. The standard InChI is InChI=1S/C15H16N4O2/c1-3-20-12-6-4-10(5-7-12)13-14(18-21-15(13)16)11-8-17-19(2)9-11/h4-9H,3,16H2,1-2H3. The van der Waals surface area contributed by atoms with E-state index in [1.165, 1.54) is 0 Å². The zero-order chi connectivity index (χ0) is 14.8. The molecule has 0 bridgehead atoms. The van der Waals surface area contributed by atoms with E-state index in [4.69, 9.17) is 15.0 Å². The number of nitrogens with two attached hydrogens (primary N) is 1. The van der Waals surface area contributed by atoms with Gasteiger partial charge in [0.25, 0.3) is 0 Å². The van der Waals surface area contributed by atoms with Crippen LogP contribution in [0.2, 0.25) is 0 Å². The van der Waals surface area contributed by atoms with Gasteiger partial charge >= 0.3 is 0 Å². The van der Waals surface area contributed by atoms with Gasteiger partial charge in [0.05, 0.1) is 18.4 Å². The van der Waals surface area contributed by atoms with Crippen LogP contribution in [-0.4, -0.2) is 21.5 Å². The lowest BCUT2D eigenvalue weighted by Crippen LogP contribution is -1.91. The molecule has 0 spiro atoms. The van der Waals surface area contributed by atoms with Crippen molar-refractivity contribution in [3.8, 4) is 28.1 Å². The molecule has 0 saturated carbocycles. The highest BCUT2D eigenvalue weighted by Gasteiger charge is 2.18. The Hall–Kier alpha value is -2.76. The molecule has 0 aliphatic heterocycles. The molecule has 3 aromatic rings. The van der Waals surface area contributed by atoms with E-state index in [9.17, 15) is 0 Å². The van der Waals surface area contributed by atoms with E-state index in [0.717, 1.165) is 22.4 Å². The van der Waals surface area contributed by atoms with Crippen molar-refractivity contribution in [2.24, 2.45) is 7.05 Å². The van der Waals surface area contributed by atoms with Crippen LogP contribution in [0.1, 0.15) is 6.92 Å². The van der Waals surface area contributed by atoms with Crippen molar-refractivity contribution in [3.63, 3.8) is 0 Å². The molecule has 2 aromatic heterocycles. The highest BCUT2D eigenvalue weighted by molar-refractivity contribution is 5.86. The largest absolute Gasteiger partial charge is 0.494 e. The Labute approximate surface area is 122 Å². The van der Waals surface area contributed by atoms with E-state index in [1.807, 2.05) is 44.4 Å². The van der Waals surface area contributed by atoms with Gasteiger partial charge in [-0.05, 0) is 24.6 Å². The summed E-state index contributed by atoms with van der Waals surface area (Å²) < 4.78 is 12.3. The lowest BCUT2D eigenvalue weighted by molar-refractivity contribution is 0.340. The number of nitrogens with zero attached hydrogens (tertiary/aromatic N) is 3. The van der Waals surface area contributed by atoms with Crippen LogP contribution in [0.5, 0.6) is 5.75 Å². The zero-order valence-corrected chi connectivity index (χ0v) is 11.9. The number of aryl methyl sites for hydroxylation is 1. The van der Waals surface area contributed by atoms with Gasteiger partial charge in [0.1, 0.15) is 11.4 Å². The molecule has 0 unspecified atom stereocenters. The molecule has 0 fully saturated rings. The summed E-state index contributed by atoms with van der Waals surface area (Å²) in [4.78, 5) is 0. The molecular formula is C15H16N4O2. The van der Waals surface area contributed by atoms with E-state index in [1.54, 1.807) is 10.9 Å². The van der Waals surface area contributed by atoms with Crippen LogP contribution in [0, 0.1) is 0 Å². The fraction of sp³-hybridized carbons (Fsp3) is 0.200. The number of hydrogen-bond donors (Lipinski definition) is 1. The summed E-state index contributed by atoms with van der Waals surface area (Å²) in [6.07, 6.45) is 3.60. The monoisotopic (exact) mass is 284 g/mol. The number of hydrogen-bond acceptors (Lipinski definition) is 5. The van der Waals surface area contributed by atoms with Gasteiger partial charge in [-0.15, -0.1) is 0 Å². The molecule has 0 aliphatic carbocycles. The Balaban J connectivity index is 2.04. The van der Waals surface area contributed by atoms with Crippen LogP contribution < -0.4 is 10.5 Å². The van der Waals surface area contributed by atoms with E-state index in [-0.39, 0.29) is 5.88 Å². The van der Waals surface area contributed by atoms with Gasteiger partial charge in [-0.25, -0.2) is 0 Å². The van der Waals surface area contributed by atoms with Gasteiger partial charge in [0, 0.05) is 18.8 Å². The summed E-state index contributed by atoms with van der Waals surface area (Å²) in [7, 11) is 1.85. The van der Waals surface area contributed by atoms with Crippen molar-refractivity contribution < 1.29 is 9.26 Å². The van der Waals surface area contributed by atoms with Crippen molar-refractivity contribution in [1.29, 1.82) is 0 Å². The van der Waals surface area contributed by atoms with E-state index in [0.29, 0.717) is 12.3 Å². The molecule has 0 aliphatic rings. The third kappa shape index (κ3) is 2.47. The SMILES string of the molecule is CCOc1ccc(-c2c(-c3cnn(C)c3)noc2N)cc1. The minimum atomic E-state index is 0.290. The predicted octanol–water partition coefficient (Wildman–Crippen LogP) is 2.72. The molecule has 108 valence electrons. The summed E-state index contributed by atoms with van der Waals surface area (Å²) >= 11 is 0. The molecule has 0 saturated heterocycles. The Kier molecular flexibility index (Phi) is 3.35. The number of aromatic nitrogens is 3. The van der Waals surface area contributed by atoms with Crippen molar-refractivity contribution >= 4 is 5.88 Å². The van der Waals surface area contributed by atoms with Crippen molar-refractivity contribution in [2.45, 2.75) is 6.92 Å². The second-order valence-corrected chi connectivity index (χ2v) is 4.63. The van der Waals surface area contributed by atoms with Crippen molar-refractivity contribution in [1.82, 2.24) is 14.9 Å². The van der Waals surface area contributed by atoms with Gasteiger partial charge in [0.2, 0.25) is 5.88 Å². The quantitative estimate of drug-likeness (QED) is 0.796. The van der Waals surface area contributed by atoms with Gasteiger partial charge < -0.3 is 15.0 Å². The maximum absolute atomic E-state index is 5.93. The Morgan fingerprint density at radius 3 is 2.62 bits per heavy atom. The van der Waals surface area contributed by atoms with E-state index < -0.39 is 0 Å². The van der Waals surface area contributed by atoms with Crippen molar-refractivity contribution in [3.05, 3.63) is 36.7 Å². The fourth-order valence-electron chi connectivity index (χ4n) is 2.21.